The Balaban J connectivity index is 2.82. The third kappa shape index (κ3) is 3.04. The first-order valence-corrected chi connectivity index (χ1v) is 3.76. The van der Waals surface area contributed by atoms with Crippen molar-refractivity contribution in [1.82, 2.24) is 0 Å². The van der Waals surface area contributed by atoms with Crippen molar-refractivity contribution in [3.63, 3.8) is 0 Å². The Morgan fingerprint density at radius 2 is 1.80 bits per heavy atom. The van der Waals surface area contributed by atoms with E-state index in [2.05, 4.69) is 9.89 Å². The van der Waals surface area contributed by atoms with Crippen molar-refractivity contribution < 1.29 is 23.1 Å². The highest BCUT2D eigenvalue weighted by Crippen LogP contribution is 2.30. The fourth-order valence-electron chi connectivity index (χ4n) is 0.853. The molecule has 1 aromatic rings. The van der Waals surface area contributed by atoms with Crippen molar-refractivity contribution in [2.45, 2.75) is 6.18 Å². The fourth-order valence-corrected chi connectivity index (χ4v) is 0.853. The van der Waals surface area contributed by atoms with Gasteiger partial charge in [-0.25, -0.2) is 0 Å². The summed E-state index contributed by atoms with van der Waals surface area (Å²) in [6.45, 7) is 0. The molecule has 82 valence electrons. The molecule has 1 aromatic carbocycles. The number of hydrogen-bond donors (Lipinski definition) is 2. The molecule has 0 heterocycles. The van der Waals surface area contributed by atoms with Crippen LogP contribution in [0.1, 0.15) is 5.56 Å². The van der Waals surface area contributed by atoms with Gasteiger partial charge in [-0.05, 0) is 29.4 Å². The molecule has 7 heteroatoms. The molecule has 0 radical (unpaired) electrons. The number of ether oxygens (including phenoxy) is 1. The molecule has 0 bridgehead atoms. The number of hydrogen-bond acceptors (Lipinski definition) is 3. The van der Waals surface area contributed by atoms with Crippen molar-refractivity contribution in [3.8, 4) is 5.75 Å². The minimum absolute atomic E-state index is 0.0540. The van der Waals surface area contributed by atoms with Gasteiger partial charge < -0.3 is 15.7 Å². The van der Waals surface area contributed by atoms with Crippen molar-refractivity contribution in [3.05, 3.63) is 29.8 Å². The Labute approximate surface area is 82.8 Å². The first-order chi connectivity index (χ1) is 6.93. The molecule has 0 spiro atoms. The molecule has 0 atom stereocenters. The normalized spacial score (nSPS) is 12.6. The first kappa shape index (κ1) is 11.2. The van der Waals surface area contributed by atoms with E-state index in [-0.39, 0.29) is 5.75 Å². The highest BCUT2D eigenvalue weighted by atomic mass is 19.4. The summed E-state index contributed by atoms with van der Waals surface area (Å²) in [5.74, 6) is 0.0540. The highest BCUT2D eigenvalue weighted by molar-refractivity contribution is 5.73. The topological polar surface area (TPSA) is 67.8 Å². The van der Waals surface area contributed by atoms with Crippen molar-refractivity contribution in [2.24, 2.45) is 10.9 Å². The molecule has 0 aliphatic heterocycles. The monoisotopic (exact) mass is 220 g/mol. The summed E-state index contributed by atoms with van der Waals surface area (Å²) < 4.78 is 41.0. The summed E-state index contributed by atoms with van der Waals surface area (Å²) in [6.07, 6.45) is -4.39. The number of alkyl halides is 3. The van der Waals surface area contributed by atoms with Crippen LogP contribution in [0.4, 0.5) is 13.2 Å². The van der Waals surface area contributed by atoms with Crippen LogP contribution in [0.15, 0.2) is 29.4 Å². The average Bonchev–Trinajstić information content (AvgIpc) is 2.17. The second-order valence-electron chi connectivity index (χ2n) is 2.56. The molecule has 3 N–H and O–H groups in total. The molecular weight excluding hydrogens is 213 g/mol. The maximum atomic E-state index is 12.1. The van der Waals surface area contributed by atoms with Crippen LogP contribution in [0.3, 0.4) is 0 Å². The molecule has 0 amide bonds. The molecule has 0 aliphatic carbocycles. The van der Waals surface area contributed by atoms with E-state index in [4.69, 9.17) is 10.9 Å². The van der Waals surface area contributed by atoms with Gasteiger partial charge in [-0.3, -0.25) is 0 Å². The minimum atomic E-state index is -4.39. The lowest BCUT2D eigenvalue weighted by Gasteiger charge is -2.07. The summed E-state index contributed by atoms with van der Waals surface area (Å²) in [6, 6.07) is 3.26. The predicted octanol–water partition coefficient (Wildman–Crippen LogP) is 1.79. The zero-order valence-electron chi connectivity index (χ0n) is 7.32. The molecule has 0 fully saturated rings. The molecule has 0 saturated carbocycles. The number of rotatable bonds is 1. The largest absolute Gasteiger partial charge is 0.424 e. The van der Waals surface area contributed by atoms with Crippen LogP contribution in [0, 0.1) is 0 Å². The van der Waals surface area contributed by atoms with Gasteiger partial charge in [0.1, 0.15) is 5.75 Å². The van der Waals surface area contributed by atoms with Crippen LogP contribution in [0.2, 0.25) is 0 Å². The highest BCUT2D eigenvalue weighted by Gasteiger charge is 2.30. The van der Waals surface area contributed by atoms with E-state index >= 15 is 0 Å². The Morgan fingerprint density at radius 1 is 1.27 bits per heavy atom. The van der Waals surface area contributed by atoms with Crippen LogP contribution in [0.25, 0.3) is 0 Å². The second kappa shape index (κ2) is 4.07. The zero-order chi connectivity index (χ0) is 11.5. The van der Waals surface area contributed by atoms with Gasteiger partial charge in [0, 0.05) is 0 Å². The average molecular weight is 220 g/mol. The third-order valence-corrected chi connectivity index (χ3v) is 1.50. The Morgan fingerprint density at radius 3 is 2.20 bits per heavy atom. The number of nitrogens with zero attached hydrogens (tertiary/aromatic N) is 1. The van der Waals surface area contributed by atoms with Gasteiger partial charge in [0.25, 0.3) is 0 Å². The SMILES string of the molecule is N/C(=N\O)Oc1ccc(C(F)(F)F)cc1. The van der Waals surface area contributed by atoms with Crippen LogP contribution in [0.5, 0.6) is 5.75 Å². The fraction of sp³-hybridized carbons (Fsp3) is 0.125. The molecule has 0 saturated heterocycles. The van der Waals surface area contributed by atoms with E-state index < -0.39 is 17.8 Å². The predicted molar refractivity (Wildman–Crippen MR) is 45.5 cm³/mol. The van der Waals surface area contributed by atoms with Gasteiger partial charge in [-0.2, -0.15) is 13.2 Å². The molecule has 0 aromatic heterocycles. The molecule has 0 unspecified atom stereocenters. The minimum Gasteiger partial charge on any atom is -0.424 e. The van der Waals surface area contributed by atoms with Crippen LogP contribution < -0.4 is 10.5 Å². The van der Waals surface area contributed by atoms with Gasteiger partial charge in [0.2, 0.25) is 0 Å². The van der Waals surface area contributed by atoms with E-state index in [0.717, 1.165) is 24.3 Å². The summed E-state index contributed by atoms with van der Waals surface area (Å²) in [5, 5.41) is 10.6. The summed E-state index contributed by atoms with van der Waals surface area (Å²) >= 11 is 0. The standard InChI is InChI=1S/C8H7F3N2O2/c9-8(10,11)5-1-3-6(4-2-5)15-7(12)13-14/h1-4,14H,(H2,12,13). The van der Waals surface area contributed by atoms with E-state index in [1.807, 2.05) is 0 Å². The zero-order valence-corrected chi connectivity index (χ0v) is 7.32. The lowest BCUT2D eigenvalue weighted by atomic mass is 10.2. The van der Waals surface area contributed by atoms with Gasteiger partial charge >= 0.3 is 12.2 Å². The third-order valence-electron chi connectivity index (χ3n) is 1.50. The quantitative estimate of drug-likeness (QED) is 0.328. The van der Waals surface area contributed by atoms with E-state index in [1.54, 1.807) is 0 Å². The molecule has 0 aliphatic rings. The number of nitrogens with two attached hydrogens (primary N) is 1. The smallest absolute Gasteiger partial charge is 0.416 e. The van der Waals surface area contributed by atoms with Gasteiger partial charge in [0.15, 0.2) is 0 Å². The maximum absolute atomic E-state index is 12.1. The van der Waals surface area contributed by atoms with Gasteiger partial charge in [0.05, 0.1) is 5.56 Å². The Hall–Kier alpha value is -1.92. The van der Waals surface area contributed by atoms with E-state index in [1.165, 1.54) is 0 Å². The van der Waals surface area contributed by atoms with Crippen LogP contribution in [-0.2, 0) is 6.18 Å². The Kier molecular flexibility index (Phi) is 3.03. The van der Waals surface area contributed by atoms with Crippen LogP contribution >= 0.6 is 0 Å². The lowest BCUT2D eigenvalue weighted by Crippen LogP contribution is -2.19. The van der Waals surface area contributed by atoms with Crippen molar-refractivity contribution >= 4 is 6.02 Å². The van der Waals surface area contributed by atoms with E-state index in [0.29, 0.717) is 0 Å². The van der Waals surface area contributed by atoms with Crippen molar-refractivity contribution in [2.75, 3.05) is 0 Å². The summed E-state index contributed by atoms with van der Waals surface area (Å²) in [7, 11) is 0. The summed E-state index contributed by atoms with van der Waals surface area (Å²) in [4.78, 5) is 0. The molecule has 1 rings (SSSR count). The Bertz CT molecular complexity index is 359. The number of oxime groups is 1. The van der Waals surface area contributed by atoms with Gasteiger partial charge in [-0.15, -0.1) is 0 Å². The molecule has 15 heavy (non-hydrogen) atoms. The van der Waals surface area contributed by atoms with Crippen molar-refractivity contribution in [1.29, 1.82) is 0 Å². The lowest BCUT2D eigenvalue weighted by molar-refractivity contribution is -0.137. The van der Waals surface area contributed by atoms with Gasteiger partial charge in [-0.1, -0.05) is 0 Å². The summed E-state index contributed by atoms with van der Waals surface area (Å²) in [5.41, 5.74) is 4.19. The second-order valence-corrected chi connectivity index (χ2v) is 2.56. The van der Waals surface area contributed by atoms with E-state index in [9.17, 15) is 13.2 Å². The first-order valence-electron chi connectivity index (χ1n) is 3.76. The maximum Gasteiger partial charge on any atom is 0.416 e. The van der Waals surface area contributed by atoms with Crippen LogP contribution in [-0.4, -0.2) is 11.2 Å². The molecule has 4 nitrogen and oxygen atoms in total. The number of halogens is 3. The molecular formula is C8H7F3N2O2. The number of benzene rings is 1. The number of amidine groups is 1.